The summed E-state index contributed by atoms with van der Waals surface area (Å²) in [5.74, 6) is 0.639. The molecule has 1 aromatic heterocycles. The van der Waals surface area contributed by atoms with Crippen molar-refractivity contribution in [2.75, 3.05) is 20.8 Å². The highest BCUT2D eigenvalue weighted by molar-refractivity contribution is 5.89. The van der Waals surface area contributed by atoms with E-state index in [0.717, 1.165) is 0 Å². The van der Waals surface area contributed by atoms with Crippen molar-refractivity contribution in [3.05, 3.63) is 46.1 Å². The number of hydrogen-bond donors (Lipinski definition) is 0. The summed E-state index contributed by atoms with van der Waals surface area (Å²) >= 11 is 0. The fourth-order valence-electron chi connectivity index (χ4n) is 2.01. The molecule has 0 N–H and O–H groups in total. The van der Waals surface area contributed by atoms with Crippen molar-refractivity contribution in [1.29, 1.82) is 0 Å². The normalized spacial score (nSPS) is 10.6. The Kier molecular flexibility index (Phi) is 5.53. The van der Waals surface area contributed by atoms with E-state index < -0.39 is 5.97 Å². The van der Waals surface area contributed by atoms with Gasteiger partial charge in [-0.25, -0.2) is 14.3 Å². The molecule has 23 heavy (non-hydrogen) atoms. The van der Waals surface area contributed by atoms with E-state index in [2.05, 4.69) is 9.84 Å². The van der Waals surface area contributed by atoms with Crippen LogP contribution in [0.2, 0.25) is 0 Å². The van der Waals surface area contributed by atoms with Crippen LogP contribution < -0.4 is 10.4 Å². The van der Waals surface area contributed by atoms with Crippen molar-refractivity contribution in [2.24, 2.45) is 7.05 Å². The van der Waals surface area contributed by atoms with Gasteiger partial charge in [0.2, 0.25) is 0 Å². The molecular formula is C15H19N3O5. The van der Waals surface area contributed by atoms with Crippen molar-refractivity contribution in [3.8, 4) is 5.75 Å². The van der Waals surface area contributed by atoms with Gasteiger partial charge in [-0.15, -0.1) is 0 Å². The third-order valence-electron chi connectivity index (χ3n) is 3.23. The molecule has 0 unspecified atom stereocenters. The van der Waals surface area contributed by atoms with Gasteiger partial charge in [0.25, 0.3) is 0 Å². The van der Waals surface area contributed by atoms with Crippen LogP contribution in [0.25, 0.3) is 0 Å². The standard InChI is InChI=1S/C15H19N3O5/c1-17-13(10-21-2)16-18(15(17)20)7-8-23-12-6-4-5-11(9-12)14(19)22-3/h4-6,9H,7-8,10H2,1-3H3. The molecule has 2 aromatic rings. The SMILES string of the molecule is COCc1nn(CCOc2cccc(C(=O)OC)c2)c(=O)n1C. The first-order valence-corrected chi connectivity index (χ1v) is 6.99. The molecule has 0 amide bonds. The maximum atomic E-state index is 12.0. The number of carbonyl (C=O) groups is 1. The average molecular weight is 321 g/mol. The zero-order chi connectivity index (χ0) is 16.8. The lowest BCUT2D eigenvalue weighted by Gasteiger charge is -2.07. The summed E-state index contributed by atoms with van der Waals surface area (Å²) in [6.07, 6.45) is 0. The molecule has 0 radical (unpaired) electrons. The lowest BCUT2D eigenvalue weighted by molar-refractivity contribution is 0.0600. The zero-order valence-electron chi connectivity index (χ0n) is 13.3. The van der Waals surface area contributed by atoms with Crippen LogP contribution >= 0.6 is 0 Å². The summed E-state index contributed by atoms with van der Waals surface area (Å²) < 4.78 is 18.0. The van der Waals surface area contributed by atoms with Crippen molar-refractivity contribution in [3.63, 3.8) is 0 Å². The second kappa shape index (κ2) is 7.59. The number of nitrogens with zero attached hydrogens (tertiary/aromatic N) is 3. The largest absolute Gasteiger partial charge is 0.492 e. The van der Waals surface area contributed by atoms with E-state index in [0.29, 0.717) is 23.7 Å². The van der Waals surface area contributed by atoms with Crippen LogP contribution in [0, 0.1) is 0 Å². The Balaban J connectivity index is 1.99. The second-order valence-electron chi connectivity index (χ2n) is 4.78. The molecule has 0 saturated heterocycles. The van der Waals surface area contributed by atoms with Crippen LogP contribution in [0.5, 0.6) is 5.75 Å². The summed E-state index contributed by atoms with van der Waals surface area (Å²) in [6.45, 7) is 0.799. The molecule has 8 heteroatoms. The predicted octanol–water partition coefficient (Wildman–Crippen LogP) is 0.594. The number of benzene rings is 1. The van der Waals surface area contributed by atoms with Crippen LogP contribution in [0.15, 0.2) is 29.1 Å². The monoisotopic (exact) mass is 321 g/mol. The topological polar surface area (TPSA) is 84.6 Å². The van der Waals surface area contributed by atoms with Gasteiger partial charge in [-0.3, -0.25) is 4.57 Å². The van der Waals surface area contributed by atoms with E-state index in [1.54, 1.807) is 38.4 Å². The summed E-state index contributed by atoms with van der Waals surface area (Å²) in [7, 11) is 4.50. The van der Waals surface area contributed by atoms with E-state index in [4.69, 9.17) is 9.47 Å². The maximum Gasteiger partial charge on any atom is 0.345 e. The lowest BCUT2D eigenvalue weighted by Crippen LogP contribution is -2.25. The van der Waals surface area contributed by atoms with Gasteiger partial charge in [0.15, 0.2) is 5.82 Å². The third kappa shape index (κ3) is 3.98. The maximum absolute atomic E-state index is 12.0. The number of methoxy groups -OCH3 is 2. The second-order valence-corrected chi connectivity index (χ2v) is 4.78. The van der Waals surface area contributed by atoms with Crippen LogP contribution in [0.4, 0.5) is 0 Å². The minimum atomic E-state index is -0.430. The Morgan fingerprint density at radius 3 is 2.78 bits per heavy atom. The number of esters is 1. The molecule has 1 aromatic carbocycles. The quantitative estimate of drug-likeness (QED) is 0.694. The lowest BCUT2D eigenvalue weighted by atomic mass is 10.2. The van der Waals surface area contributed by atoms with Gasteiger partial charge < -0.3 is 14.2 Å². The van der Waals surface area contributed by atoms with Crippen molar-refractivity contribution < 1.29 is 19.0 Å². The summed E-state index contributed by atoms with van der Waals surface area (Å²) in [6, 6.07) is 6.65. The highest BCUT2D eigenvalue weighted by atomic mass is 16.5. The Bertz CT molecular complexity index is 735. The molecule has 0 aliphatic carbocycles. The van der Waals surface area contributed by atoms with Crippen LogP contribution in [-0.4, -0.2) is 41.1 Å². The fraction of sp³-hybridized carbons (Fsp3) is 0.400. The first kappa shape index (κ1) is 16.8. The molecule has 0 saturated carbocycles. The molecule has 0 fully saturated rings. The Hall–Kier alpha value is -2.61. The minimum Gasteiger partial charge on any atom is -0.492 e. The van der Waals surface area contributed by atoms with E-state index in [1.165, 1.54) is 16.4 Å². The van der Waals surface area contributed by atoms with Gasteiger partial charge in [-0.05, 0) is 18.2 Å². The number of carbonyl (C=O) groups excluding carboxylic acids is 1. The van der Waals surface area contributed by atoms with Gasteiger partial charge >= 0.3 is 11.7 Å². The van der Waals surface area contributed by atoms with E-state index in [-0.39, 0.29) is 18.9 Å². The molecule has 0 spiro atoms. The van der Waals surface area contributed by atoms with Crippen molar-refractivity contribution in [2.45, 2.75) is 13.2 Å². The minimum absolute atomic E-state index is 0.232. The van der Waals surface area contributed by atoms with Crippen LogP contribution in [0.1, 0.15) is 16.2 Å². The fourth-order valence-corrected chi connectivity index (χ4v) is 2.01. The van der Waals surface area contributed by atoms with E-state index >= 15 is 0 Å². The first-order chi connectivity index (χ1) is 11.1. The average Bonchev–Trinajstić information content (AvgIpc) is 2.83. The smallest absolute Gasteiger partial charge is 0.345 e. The van der Waals surface area contributed by atoms with E-state index in [1.807, 2.05) is 0 Å². The number of ether oxygens (including phenoxy) is 3. The van der Waals surface area contributed by atoms with Crippen molar-refractivity contribution in [1.82, 2.24) is 14.3 Å². The van der Waals surface area contributed by atoms with Gasteiger partial charge in [-0.2, -0.15) is 5.10 Å². The van der Waals surface area contributed by atoms with Gasteiger partial charge in [0, 0.05) is 14.2 Å². The number of aromatic nitrogens is 3. The Morgan fingerprint density at radius 2 is 2.09 bits per heavy atom. The van der Waals surface area contributed by atoms with Gasteiger partial charge in [-0.1, -0.05) is 6.07 Å². The number of rotatable bonds is 7. The van der Waals surface area contributed by atoms with E-state index in [9.17, 15) is 9.59 Å². The number of hydrogen-bond acceptors (Lipinski definition) is 6. The highest BCUT2D eigenvalue weighted by Gasteiger charge is 2.10. The molecule has 0 atom stereocenters. The molecule has 124 valence electrons. The first-order valence-electron chi connectivity index (χ1n) is 6.99. The molecular weight excluding hydrogens is 302 g/mol. The molecule has 8 nitrogen and oxygen atoms in total. The van der Waals surface area contributed by atoms with Gasteiger partial charge in [0.05, 0.1) is 19.2 Å². The summed E-state index contributed by atoms with van der Waals surface area (Å²) in [5.41, 5.74) is 0.173. The van der Waals surface area contributed by atoms with Crippen molar-refractivity contribution >= 4 is 5.97 Å². The molecule has 0 bridgehead atoms. The third-order valence-corrected chi connectivity index (χ3v) is 3.23. The summed E-state index contributed by atoms with van der Waals surface area (Å²) in [5, 5.41) is 4.18. The van der Waals surface area contributed by atoms with Gasteiger partial charge in [0.1, 0.15) is 19.0 Å². The zero-order valence-corrected chi connectivity index (χ0v) is 13.3. The molecule has 0 aliphatic rings. The predicted molar refractivity (Wildman–Crippen MR) is 81.5 cm³/mol. The molecule has 2 rings (SSSR count). The molecule has 1 heterocycles. The summed E-state index contributed by atoms with van der Waals surface area (Å²) in [4.78, 5) is 23.4. The van der Waals surface area contributed by atoms with Crippen LogP contribution in [-0.2, 0) is 29.7 Å². The highest BCUT2D eigenvalue weighted by Crippen LogP contribution is 2.14. The Labute approximate surface area is 133 Å². The van der Waals surface area contributed by atoms with Crippen LogP contribution in [0.3, 0.4) is 0 Å². The molecule has 0 aliphatic heterocycles. The Morgan fingerprint density at radius 1 is 1.30 bits per heavy atom.